The molecular weight excluding hydrogens is 428 g/mol. The number of rotatable bonds is 7. The minimum Gasteiger partial charge on any atom is -0.404 e. The zero-order valence-electron chi connectivity index (χ0n) is 20.1. The molecule has 3 heterocycles. The van der Waals surface area contributed by atoms with E-state index < -0.39 is 5.60 Å². The average Bonchev–Trinajstić information content (AvgIpc) is 2.81. The van der Waals surface area contributed by atoms with E-state index in [2.05, 4.69) is 26.8 Å². The molecule has 0 amide bonds. The number of benzene rings is 1. The van der Waals surface area contributed by atoms with Crippen LogP contribution >= 0.6 is 0 Å². The van der Waals surface area contributed by atoms with Gasteiger partial charge in [-0.15, -0.1) is 0 Å². The molecule has 8 heteroatoms. The van der Waals surface area contributed by atoms with Crippen LogP contribution in [0.25, 0.3) is 16.5 Å². The maximum atomic E-state index is 10.4. The highest BCUT2D eigenvalue weighted by molar-refractivity contribution is 6.10. The van der Waals surface area contributed by atoms with Crippen LogP contribution < -0.4 is 16.5 Å². The summed E-state index contributed by atoms with van der Waals surface area (Å²) < 4.78 is 5.42. The van der Waals surface area contributed by atoms with E-state index in [-0.39, 0.29) is 0 Å². The third-order valence-electron chi connectivity index (χ3n) is 6.04. The fourth-order valence-corrected chi connectivity index (χ4v) is 4.02. The first-order valence-electron chi connectivity index (χ1n) is 11.6. The van der Waals surface area contributed by atoms with Crippen molar-refractivity contribution in [1.29, 1.82) is 0 Å². The van der Waals surface area contributed by atoms with E-state index in [4.69, 9.17) is 10.5 Å². The molecule has 2 aromatic rings. The number of nitrogens with one attached hydrogen (secondary N) is 2. The fraction of sp³-hybridized carbons (Fsp3) is 0.385. The van der Waals surface area contributed by atoms with Crippen molar-refractivity contribution >= 4 is 28.4 Å². The van der Waals surface area contributed by atoms with Crippen molar-refractivity contribution in [2.45, 2.75) is 32.3 Å². The Kier molecular flexibility index (Phi) is 7.19. The zero-order valence-corrected chi connectivity index (χ0v) is 20.1. The van der Waals surface area contributed by atoms with Crippen LogP contribution in [0.3, 0.4) is 0 Å². The SMILES string of the molecule is CN1C=C(C(C)(C)O)C=C(Nc2ccc3ncc(C(C=NCC4CCOCC4)=CN)cc3c2)N1. The first-order valence-corrected chi connectivity index (χ1v) is 11.6. The lowest BCUT2D eigenvalue weighted by molar-refractivity contribution is 0.0690. The first-order chi connectivity index (χ1) is 16.3. The number of hydrazine groups is 1. The second kappa shape index (κ2) is 10.3. The molecule has 0 unspecified atom stereocenters. The van der Waals surface area contributed by atoms with Crippen molar-refractivity contribution in [2.75, 3.05) is 32.1 Å². The number of allylic oxidation sites excluding steroid dienone is 1. The number of anilines is 1. The summed E-state index contributed by atoms with van der Waals surface area (Å²) in [7, 11) is 1.89. The number of pyridine rings is 1. The number of hydrogen-bond donors (Lipinski definition) is 4. The van der Waals surface area contributed by atoms with E-state index in [0.717, 1.165) is 71.7 Å². The molecule has 2 aliphatic rings. The Morgan fingerprint density at radius 1 is 1.35 bits per heavy atom. The quantitative estimate of drug-likeness (QED) is 0.467. The topological polar surface area (TPSA) is 108 Å². The molecule has 4 rings (SSSR count). The number of aliphatic imine (C=N–C) groups is 1. The van der Waals surface area contributed by atoms with E-state index in [1.54, 1.807) is 20.0 Å². The molecule has 0 atom stereocenters. The Morgan fingerprint density at radius 2 is 2.15 bits per heavy atom. The lowest BCUT2D eigenvalue weighted by Gasteiger charge is -2.30. The van der Waals surface area contributed by atoms with Crippen molar-refractivity contribution in [3.63, 3.8) is 0 Å². The molecule has 0 saturated carbocycles. The van der Waals surface area contributed by atoms with Crippen LogP contribution in [-0.2, 0) is 4.74 Å². The summed E-state index contributed by atoms with van der Waals surface area (Å²) in [5, 5.41) is 16.6. The van der Waals surface area contributed by atoms with Crippen molar-refractivity contribution in [3.05, 3.63) is 65.9 Å². The van der Waals surface area contributed by atoms with Gasteiger partial charge in [0.05, 0.1) is 11.1 Å². The highest BCUT2D eigenvalue weighted by Crippen LogP contribution is 2.25. The van der Waals surface area contributed by atoms with Gasteiger partial charge in [-0.1, -0.05) is 0 Å². The molecule has 0 bridgehead atoms. The molecule has 1 aromatic carbocycles. The Bertz CT molecular complexity index is 1140. The Hall–Kier alpha value is -3.36. The van der Waals surface area contributed by atoms with E-state index in [1.165, 1.54) is 0 Å². The molecule has 34 heavy (non-hydrogen) atoms. The van der Waals surface area contributed by atoms with Crippen LogP contribution in [0.1, 0.15) is 32.3 Å². The summed E-state index contributed by atoms with van der Waals surface area (Å²) in [6.45, 7) is 5.97. The summed E-state index contributed by atoms with van der Waals surface area (Å²) in [5.74, 6) is 1.34. The van der Waals surface area contributed by atoms with Crippen LogP contribution in [0, 0.1) is 5.92 Å². The van der Waals surface area contributed by atoms with Gasteiger partial charge in [0.25, 0.3) is 0 Å². The molecule has 1 fully saturated rings. The van der Waals surface area contributed by atoms with Crippen LogP contribution in [0.15, 0.2) is 65.3 Å². The van der Waals surface area contributed by atoms with Crippen molar-refractivity contribution in [2.24, 2.45) is 16.6 Å². The third kappa shape index (κ3) is 5.95. The summed E-state index contributed by atoms with van der Waals surface area (Å²) in [6, 6.07) is 8.08. The summed E-state index contributed by atoms with van der Waals surface area (Å²) in [4.78, 5) is 9.25. The van der Waals surface area contributed by atoms with Gasteiger partial charge >= 0.3 is 0 Å². The van der Waals surface area contributed by atoms with Crippen LogP contribution in [0.4, 0.5) is 5.69 Å². The van der Waals surface area contributed by atoms with Gasteiger partial charge in [0, 0.05) is 79.4 Å². The maximum Gasteiger partial charge on any atom is 0.122 e. The van der Waals surface area contributed by atoms with Crippen LogP contribution in [0.5, 0.6) is 0 Å². The predicted molar refractivity (Wildman–Crippen MR) is 138 cm³/mol. The largest absolute Gasteiger partial charge is 0.404 e. The number of fused-ring (bicyclic) bond motifs is 1. The van der Waals surface area contributed by atoms with Gasteiger partial charge < -0.3 is 20.9 Å². The minimum absolute atomic E-state index is 0.570. The van der Waals surface area contributed by atoms with Crippen LogP contribution in [-0.4, -0.2) is 53.7 Å². The smallest absolute Gasteiger partial charge is 0.122 e. The molecule has 180 valence electrons. The molecule has 8 nitrogen and oxygen atoms in total. The molecule has 0 spiro atoms. The van der Waals surface area contributed by atoms with E-state index in [9.17, 15) is 5.11 Å². The average molecular weight is 463 g/mol. The molecule has 5 N–H and O–H groups in total. The monoisotopic (exact) mass is 462 g/mol. The number of hydrogen-bond acceptors (Lipinski definition) is 8. The number of aliphatic hydroxyl groups is 1. The van der Waals surface area contributed by atoms with Gasteiger partial charge in [0.2, 0.25) is 0 Å². The van der Waals surface area contributed by atoms with E-state index in [1.807, 2.05) is 54.9 Å². The lowest BCUT2D eigenvalue weighted by atomic mass is 9.98. The van der Waals surface area contributed by atoms with Crippen molar-refractivity contribution < 1.29 is 9.84 Å². The number of ether oxygens (including phenoxy) is 1. The van der Waals surface area contributed by atoms with Gasteiger partial charge in [0.1, 0.15) is 5.82 Å². The molecule has 2 aliphatic heterocycles. The summed E-state index contributed by atoms with van der Waals surface area (Å²) in [5.41, 5.74) is 12.6. The summed E-state index contributed by atoms with van der Waals surface area (Å²) in [6.07, 6.45) is 11.1. The second-order valence-corrected chi connectivity index (χ2v) is 9.35. The Morgan fingerprint density at radius 3 is 2.88 bits per heavy atom. The first kappa shape index (κ1) is 23.8. The second-order valence-electron chi connectivity index (χ2n) is 9.35. The van der Waals surface area contributed by atoms with Gasteiger partial charge in [-0.25, -0.2) is 0 Å². The Labute approximate surface area is 200 Å². The van der Waals surface area contributed by atoms with Gasteiger partial charge in [0.15, 0.2) is 0 Å². The van der Waals surface area contributed by atoms with Crippen molar-refractivity contribution in [3.8, 4) is 0 Å². The molecule has 1 aromatic heterocycles. The van der Waals surface area contributed by atoms with Crippen molar-refractivity contribution in [1.82, 2.24) is 15.4 Å². The van der Waals surface area contributed by atoms with Gasteiger partial charge in [-0.05, 0) is 62.9 Å². The standard InChI is InChI=1S/C26H34N6O2/c1-26(2,33)22-12-25(31-32(3)17-22)30-23-4-5-24-19(11-23)10-20(16-29-24)21(13-27)15-28-14-18-6-8-34-9-7-18/h4-5,10-13,15-18,30-31,33H,6-9,14,27H2,1-3H3. The maximum absolute atomic E-state index is 10.4. The lowest BCUT2D eigenvalue weighted by Crippen LogP contribution is -2.38. The predicted octanol–water partition coefficient (Wildman–Crippen LogP) is 3.39. The van der Waals surface area contributed by atoms with Gasteiger partial charge in [-0.3, -0.25) is 20.4 Å². The van der Waals surface area contributed by atoms with Crippen LogP contribution in [0.2, 0.25) is 0 Å². The zero-order chi connectivity index (χ0) is 24.1. The third-order valence-corrected chi connectivity index (χ3v) is 6.04. The number of nitrogens with zero attached hydrogens (tertiary/aromatic N) is 3. The molecule has 0 radical (unpaired) electrons. The van der Waals surface area contributed by atoms with E-state index >= 15 is 0 Å². The molecule has 1 saturated heterocycles. The fourth-order valence-electron chi connectivity index (χ4n) is 4.02. The molecule has 0 aliphatic carbocycles. The Balaban J connectivity index is 1.51. The number of nitrogens with two attached hydrogens (primary N) is 1. The normalized spacial score (nSPS) is 18.1. The minimum atomic E-state index is -0.942. The highest BCUT2D eigenvalue weighted by atomic mass is 16.5. The molecular formula is C26H34N6O2. The van der Waals surface area contributed by atoms with E-state index in [0.29, 0.717) is 5.92 Å². The highest BCUT2D eigenvalue weighted by Gasteiger charge is 2.22. The number of aromatic nitrogens is 1. The van der Waals surface area contributed by atoms with Gasteiger partial charge in [-0.2, -0.15) is 0 Å². The summed E-state index contributed by atoms with van der Waals surface area (Å²) >= 11 is 0.